The Hall–Kier alpha value is -2.60. The lowest BCUT2D eigenvalue weighted by Crippen LogP contribution is -2.36. The maximum atomic E-state index is 12.6. The number of ether oxygens (including phenoxy) is 1. The van der Waals surface area contributed by atoms with Gasteiger partial charge in [0.25, 0.3) is 17.6 Å². The van der Waals surface area contributed by atoms with E-state index in [1.54, 1.807) is 18.2 Å². The van der Waals surface area contributed by atoms with Gasteiger partial charge >= 0.3 is 12.1 Å². The smallest absolute Gasteiger partial charge is 0.475 e. The van der Waals surface area contributed by atoms with Gasteiger partial charge in [0.2, 0.25) is 0 Å². The highest BCUT2D eigenvalue weighted by Crippen LogP contribution is 2.25. The van der Waals surface area contributed by atoms with Crippen LogP contribution in [0.4, 0.5) is 29.3 Å². The summed E-state index contributed by atoms with van der Waals surface area (Å²) < 4.78 is 55.3. The number of aliphatic carboxylic acids is 1. The molecule has 1 aliphatic rings. The van der Waals surface area contributed by atoms with Crippen molar-refractivity contribution in [3.05, 3.63) is 18.2 Å². The first-order valence-corrected chi connectivity index (χ1v) is 8.14. The van der Waals surface area contributed by atoms with Crippen LogP contribution in [0.5, 0.6) is 0 Å². The summed E-state index contributed by atoms with van der Waals surface area (Å²) in [7, 11) is 0. The highest BCUT2D eigenvalue weighted by Gasteiger charge is 2.38. The number of alkyl halides is 5. The number of carboxylic acids is 1. The second kappa shape index (κ2) is 9.06. The van der Waals surface area contributed by atoms with Crippen molar-refractivity contribution >= 4 is 46.3 Å². The minimum Gasteiger partial charge on any atom is -0.475 e. The third kappa shape index (κ3) is 5.96. The molecule has 2 heterocycles. The molecule has 0 radical (unpaired) electrons. The van der Waals surface area contributed by atoms with Crippen LogP contribution in [0.2, 0.25) is 0 Å². The Morgan fingerprint density at radius 2 is 1.89 bits per heavy atom. The van der Waals surface area contributed by atoms with E-state index in [1.165, 1.54) is 0 Å². The van der Waals surface area contributed by atoms with Gasteiger partial charge in [-0.3, -0.25) is 4.79 Å². The molecule has 3 rings (SSSR count). The second-order valence-electron chi connectivity index (χ2n) is 5.37. The summed E-state index contributed by atoms with van der Waals surface area (Å²) in [5, 5.41) is 9.48. The predicted molar refractivity (Wildman–Crippen MR) is 90.1 cm³/mol. The molecule has 2 aromatic rings. The number of amides is 1. The highest BCUT2D eigenvalue weighted by molar-refractivity contribution is 6.31. The number of halogens is 5. The molecule has 154 valence electrons. The van der Waals surface area contributed by atoms with Crippen LogP contribution >= 0.6 is 11.6 Å². The Bertz CT molecular complexity index is 837. The van der Waals surface area contributed by atoms with Gasteiger partial charge < -0.3 is 24.5 Å². The van der Waals surface area contributed by atoms with Gasteiger partial charge in [0, 0.05) is 24.8 Å². The summed E-state index contributed by atoms with van der Waals surface area (Å²) in [6, 6.07) is 5.41. The summed E-state index contributed by atoms with van der Waals surface area (Å²) in [6.45, 7) is 2.69. The third-order valence-electron chi connectivity index (χ3n) is 3.37. The van der Waals surface area contributed by atoms with Crippen LogP contribution < -0.4 is 10.2 Å². The van der Waals surface area contributed by atoms with Crippen molar-refractivity contribution in [2.24, 2.45) is 0 Å². The second-order valence-corrected chi connectivity index (χ2v) is 5.75. The Morgan fingerprint density at radius 1 is 1.29 bits per heavy atom. The summed E-state index contributed by atoms with van der Waals surface area (Å²) in [4.78, 5) is 26.5. The number of nitrogens with zero attached hydrogens (tertiary/aromatic N) is 2. The van der Waals surface area contributed by atoms with Gasteiger partial charge in [0.15, 0.2) is 5.58 Å². The van der Waals surface area contributed by atoms with Gasteiger partial charge in [0.05, 0.1) is 13.2 Å². The first-order valence-electron chi connectivity index (χ1n) is 7.70. The molecular formula is C15H14ClF4N3O5. The third-order valence-corrected chi connectivity index (χ3v) is 3.57. The highest BCUT2D eigenvalue weighted by atomic mass is 35.5. The van der Waals surface area contributed by atoms with Crippen LogP contribution in [0.3, 0.4) is 0 Å². The van der Waals surface area contributed by atoms with Gasteiger partial charge in [-0.25, -0.2) is 9.18 Å². The maximum Gasteiger partial charge on any atom is 0.490 e. The minimum absolute atomic E-state index is 0.403. The molecule has 1 aromatic heterocycles. The van der Waals surface area contributed by atoms with Crippen LogP contribution in [-0.2, 0) is 14.3 Å². The van der Waals surface area contributed by atoms with Gasteiger partial charge in [-0.15, -0.1) is 0 Å². The molecule has 1 atom stereocenters. The van der Waals surface area contributed by atoms with Crippen molar-refractivity contribution in [3.8, 4) is 0 Å². The Kier molecular flexibility index (Phi) is 7.02. The van der Waals surface area contributed by atoms with Gasteiger partial charge in [0.1, 0.15) is 5.52 Å². The fourth-order valence-corrected chi connectivity index (χ4v) is 2.13. The molecule has 1 unspecified atom stereocenters. The molecule has 0 saturated carbocycles. The molecule has 2 N–H and O–H groups in total. The lowest BCUT2D eigenvalue weighted by atomic mass is 10.3. The van der Waals surface area contributed by atoms with E-state index >= 15 is 0 Å². The van der Waals surface area contributed by atoms with Crippen LogP contribution in [0.1, 0.15) is 0 Å². The predicted octanol–water partition coefficient (Wildman–Crippen LogP) is 2.77. The average molecular weight is 428 g/mol. The number of carbonyl (C=O) groups excluding carboxylic acids is 1. The fourth-order valence-electron chi connectivity index (χ4n) is 2.08. The molecule has 28 heavy (non-hydrogen) atoms. The fraction of sp³-hybridized carbons (Fsp3) is 0.400. The standard InChI is InChI=1S/C13H13ClFN3O3.C2HF3O2/c14-11(15)12(19)16-8-1-2-9-10(7-8)21-13(17-9)18-3-5-20-6-4-18;3-2(4,5)1(6)7/h1-2,7,11H,3-6H2,(H,16,19);(H,6,7). The quantitative estimate of drug-likeness (QED) is 0.573. The van der Waals surface area contributed by atoms with Crippen LogP contribution in [0.15, 0.2) is 22.6 Å². The van der Waals surface area contributed by atoms with Crippen molar-refractivity contribution in [2.75, 3.05) is 36.5 Å². The number of carboxylic acid groups (broad SMARTS) is 1. The van der Waals surface area contributed by atoms with Crippen LogP contribution in [0.25, 0.3) is 11.1 Å². The molecule has 0 spiro atoms. The number of carbonyl (C=O) groups is 2. The Morgan fingerprint density at radius 3 is 2.43 bits per heavy atom. The van der Waals surface area contributed by atoms with Crippen molar-refractivity contribution in [1.29, 1.82) is 0 Å². The molecule has 1 aromatic carbocycles. The molecule has 0 bridgehead atoms. The first kappa shape index (κ1) is 21.7. The number of hydrogen-bond donors (Lipinski definition) is 2. The normalized spacial score (nSPS) is 15.5. The lowest BCUT2D eigenvalue weighted by Gasteiger charge is -2.24. The topological polar surface area (TPSA) is 105 Å². The lowest BCUT2D eigenvalue weighted by molar-refractivity contribution is -0.192. The number of benzene rings is 1. The van der Waals surface area contributed by atoms with Crippen molar-refractivity contribution in [1.82, 2.24) is 4.98 Å². The van der Waals surface area contributed by atoms with E-state index in [-0.39, 0.29) is 0 Å². The Balaban J connectivity index is 0.000000345. The minimum atomic E-state index is -5.08. The number of hydrogen-bond acceptors (Lipinski definition) is 6. The molecule has 1 saturated heterocycles. The van der Waals surface area contributed by atoms with E-state index in [9.17, 15) is 22.4 Å². The summed E-state index contributed by atoms with van der Waals surface area (Å²) in [6.07, 6.45) is -5.08. The molecule has 1 fully saturated rings. The zero-order valence-electron chi connectivity index (χ0n) is 14.0. The molecule has 0 aliphatic carbocycles. The monoisotopic (exact) mass is 427 g/mol. The van der Waals surface area contributed by atoms with Crippen molar-refractivity contribution in [3.63, 3.8) is 0 Å². The van der Waals surface area contributed by atoms with Crippen LogP contribution in [0, 0.1) is 0 Å². The van der Waals surface area contributed by atoms with Gasteiger partial charge in [-0.05, 0) is 12.1 Å². The van der Waals surface area contributed by atoms with Crippen molar-refractivity contribution < 1.29 is 41.4 Å². The number of aromatic nitrogens is 1. The van der Waals surface area contributed by atoms with E-state index in [1.807, 2.05) is 4.90 Å². The summed E-state index contributed by atoms with van der Waals surface area (Å²) >= 11 is 5.07. The van der Waals surface area contributed by atoms with E-state index in [0.717, 1.165) is 0 Å². The van der Waals surface area contributed by atoms with Gasteiger partial charge in [-0.2, -0.15) is 18.2 Å². The number of anilines is 2. The SMILES string of the molecule is O=C(Nc1ccc2nc(N3CCOCC3)oc2c1)C(F)Cl.O=C(O)C(F)(F)F. The van der Waals surface area contributed by atoms with Gasteiger partial charge in [-0.1, -0.05) is 11.6 Å². The van der Waals surface area contributed by atoms with E-state index < -0.39 is 23.7 Å². The molecule has 1 aliphatic heterocycles. The summed E-state index contributed by atoms with van der Waals surface area (Å²) in [5.74, 6) is -3.67. The molecule has 1 amide bonds. The molecule has 13 heteroatoms. The number of oxazole rings is 1. The zero-order valence-corrected chi connectivity index (χ0v) is 14.8. The molecular weight excluding hydrogens is 414 g/mol. The van der Waals surface area contributed by atoms with Crippen molar-refractivity contribution in [2.45, 2.75) is 11.8 Å². The number of rotatable bonds is 3. The first-order chi connectivity index (χ1) is 13.1. The Labute approximate surface area is 160 Å². The number of nitrogens with one attached hydrogen (secondary N) is 1. The molecule has 8 nitrogen and oxygen atoms in total. The van der Waals surface area contributed by atoms with E-state index in [2.05, 4.69) is 10.3 Å². The zero-order chi connectivity index (χ0) is 20.9. The average Bonchev–Trinajstić information content (AvgIpc) is 3.05. The van der Waals surface area contributed by atoms with Crippen LogP contribution in [-0.4, -0.2) is 60.1 Å². The largest absolute Gasteiger partial charge is 0.490 e. The maximum absolute atomic E-state index is 12.6. The summed E-state index contributed by atoms with van der Waals surface area (Å²) in [5.41, 5.74) is -0.503. The van der Waals surface area contributed by atoms with E-state index in [4.69, 9.17) is 30.7 Å². The number of morpholine rings is 1. The number of fused-ring (bicyclic) bond motifs is 1. The van der Waals surface area contributed by atoms with E-state index in [0.29, 0.717) is 49.1 Å².